The topological polar surface area (TPSA) is 30.7 Å². The summed E-state index contributed by atoms with van der Waals surface area (Å²) in [5.74, 6) is 1.61. The Hall–Kier alpha value is -4.97. The van der Waals surface area contributed by atoms with Crippen molar-refractivity contribution in [2.24, 2.45) is 5.41 Å². The van der Waals surface area contributed by atoms with Crippen LogP contribution in [0.1, 0.15) is 89.4 Å². The van der Waals surface area contributed by atoms with Gasteiger partial charge in [0.2, 0.25) is 0 Å². The first-order chi connectivity index (χ1) is 31.6. The molecule has 0 N–H and O–H groups in total. The fourth-order valence-corrected chi connectivity index (χ4v) is 10.8. The summed E-state index contributed by atoms with van der Waals surface area (Å²) in [6, 6.07) is 50.1. The summed E-state index contributed by atoms with van der Waals surface area (Å²) in [7, 11) is -1.81. The minimum atomic E-state index is -2.17. The van der Waals surface area contributed by atoms with E-state index in [4.69, 9.17) is 11.8 Å². The molecule has 0 amide bonds. The predicted octanol–water partition coefficient (Wildman–Crippen LogP) is 15.8. The maximum atomic E-state index is 8.79. The van der Waals surface area contributed by atoms with Crippen LogP contribution in [0.5, 0.6) is 0 Å². The molecule has 9 aromatic rings. The van der Waals surface area contributed by atoms with Gasteiger partial charge in [-0.3, -0.25) is 4.98 Å². The second-order valence-corrected chi connectivity index (χ2v) is 25.0. The quantitative estimate of drug-likeness (QED) is 0.112. The largest absolute Gasteiger partial charge is 0.333 e. The third-order valence-electron chi connectivity index (χ3n) is 11.2. The van der Waals surface area contributed by atoms with E-state index in [9.17, 15) is 0 Å². The van der Waals surface area contributed by atoms with Crippen LogP contribution in [0.4, 0.5) is 0 Å². The van der Waals surface area contributed by atoms with Crippen molar-refractivity contribution in [2.45, 2.75) is 93.2 Å². The van der Waals surface area contributed by atoms with Crippen molar-refractivity contribution in [2.75, 3.05) is 0 Å². The zero-order valence-corrected chi connectivity index (χ0v) is 42.2. The van der Waals surface area contributed by atoms with Gasteiger partial charge >= 0.3 is 0 Å². The molecule has 0 fully saturated rings. The molecule has 3 nitrogen and oxygen atoms in total. The van der Waals surface area contributed by atoms with Gasteiger partial charge in [-0.2, -0.15) is 11.3 Å². The van der Waals surface area contributed by atoms with Crippen LogP contribution in [0.15, 0.2) is 134 Å². The monoisotopic (exact) mass is 1040 g/mol. The molecule has 0 aliphatic carbocycles. The van der Waals surface area contributed by atoms with E-state index in [2.05, 4.69) is 172 Å². The second kappa shape index (κ2) is 18.6. The minimum absolute atomic E-state index is 0. The van der Waals surface area contributed by atoms with Gasteiger partial charge < -0.3 is 9.55 Å². The fourth-order valence-electron chi connectivity index (χ4n) is 8.18. The average Bonchev–Trinajstić information content (AvgIpc) is 3.87. The summed E-state index contributed by atoms with van der Waals surface area (Å²) in [5, 5.41) is 3.56. The van der Waals surface area contributed by atoms with E-state index in [1.165, 1.54) is 54.2 Å². The molecule has 63 heavy (non-hydrogen) atoms. The third kappa shape index (κ3) is 9.76. The molecule has 1 radical (unpaired) electrons. The Balaban J connectivity index is 0.000000215. The normalized spacial score (nSPS) is 13.6. The molecular formula is C57H59IrN3SSi-2. The molecule has 0 unspecified atom stereocenters. The van der Waals surface area contributed by atoms with E-state index in [-0.39, 0.29) is 25.7 Å². The molecule has 0 atom stereocenters. The van der Waals surface area contributed by atoms with Gasteiger partial charge in [-0.15, -0.1) is 53.6 Å². The van der Waals surface area contributed by atoms with E-state index in [0.717, 1.165) is 27.6 Å². The molecule has 0 saturated carbocycles. The number of thiophene rings is 1. The van der Waals surface area contributed by atoms with Gasteiger partial charge in [0.15, 0.2) is 0 Å². The standard InChI is InChI=1S/C37H31N2S.C20H28NSi.Ir/c1-23(2)30-21-26(25-13-6-5-7-14-25)22-31(24(3)4)35(30)39-33-19-10-9-18-32(33)38-37(39)29-17-12-16-28-27-15-8-11-20-34(27)40-36(28)29;1-15-8-10-16(11-9-15)18-12-17(13-20(2,3)4)19(14-21-18)22(5,6)7;/h5-16,18-24H,1-4H3;8-10,12,14H,13H2,1-7H3;/q2*-1;/i;1D3,13D2;. The number of para-hydroxylation sites is 2. The number of aryl methyl sites for hydroxylation is 1. The summed E-state index contributed by atoms with van der Waals surface area (Å²) in [6.45, 7) is 19.3. The van der Waals surface area contributed by atoms with Crippen LogP contribution in [-0.2, 0) is 26.5 Å². The second-order valence-electron chi connectivity index (χ2n) is 18.9. The van der Waals surface area contributed by atoms with Crippen LogP contribution in [0.2, 0.25) is 19.6 Å². The molecule has 3 heterocycles. The van der Waals surface area contributed by atoms with Crippen LogP contribution in [0.25, 0.3) is 70.7 Å². The molecule has 6 heteroatoms. The van der Waals surface area contributed by atoms with Crippen molar-refractivity contribution >= 4 is 55.8 Å². The van der Waals surface area contributed by atoms with Gasteiger partial charge in [0.25, 0.3) is 0 Å². The van der Waals surface area contributed by atoms with Gasteiger partial charge in [-0.25, -0.2) is 0 Å². The van der Waals surface area contributed by atoms with Crippen LogP contribution in [0, 0.1) is 24.4 Å². The van der Waals surface area contributed by atoms with Crippen molar-refractivity contribution in [3.05, 3.63) is 168 Å². The molecule has 9 rings (SSSR count). The number of benzene rings is 6. The van der Waals surface area contributed by atoms with Crippen LogP contribution in [-0.4, -0.2) is 22.6 Å². The predicted molar refractivity (Wildman–Crippen MR) is 271 cm³/mol. The number of imidazole rings is 1. The van der Waals surface area contributed by atoms with Crippen molar-refractivity contribution in [1.29, 1.82) is 0 Å². The molecule has 3 aromatic heterocycles. The Kier molecular flexibility index (Phi) is 11.7. The summed E-state index contributed by atoms with van der Waals surface area (Å²) < 4.78 is 45.0. The van der Waals surface area contributed by atoms with E-state index in [1.54, 1.807) is 18.3 Å². The Morgan fingerprint density at radius 2 is 1.46 bits per heavy atom. The number of rotatable bonds is 8. The van der Waals surface area contributed by atoms with E-state index in [1.807, 2.05) is 38.2 Å². The number of hydrogen-bond donors (Lipinski definition) is 0. The first-order valence-electron chi connectivity index (χ1n) is 24.1. The first-order valence-corrected chi connectivity index (χ1v) is 25.9. The Bertz CT molecular complexity index is 3200. The van der Waals surface area contributed by atoms with E-state index >= 15 is 0 Å². The maximum absolute atomic E-state index is 8.79. The van der Waals surface area contributed by atoms with Gasteiger partial charge in [-0.05, 0) is 97.2 Å². The molecule has 6 aromatic carbocycles. The number of aromatic nitrogens is 3. The Morgan fingerprint density at radius 1 is 0.778 bits per heavy atom. The fraction of sp³-hybridized carbons (Fsp3) is 0.263. The van der Waals surface area contributed by atoms with Gasteiger partial charge in [0.05, 0.1) is 24.9 Å². The number of pyridine rings is 1. The molecule has 0 aliphatic heterocycles. The Morgan fingerprint density at radius 3 is 2.11 bits per heavy atom. The van der Waals surface area contributed by atoms with Crippen LogP contribution < -0.4 is 5.19 Å². The SMILES string of the molecule is CC(C)c1cc(-c2ccccc2)cc(C(C)C)c1-n1c(-c2[c-]ccc3c2sc2ccccc23)nc2ccccc21.[2H]C([2H])([2H])c1c[c-]c(-c2cc(C([2H])([2H])C(C)(C)C)c([Si](C)(C)C)cn2)cc1.[Ir]. The zero-order valence-electron chi connectivity index (χ0n) is 42.9. The first kappa shape index (κ1) is 39.6. The molecule has 0 saturated heterocycles. The number of nitrogens with zero attached hydrogens (tertiary/aromatic N) is 3. The summed E-state index contributed by atoms with van der Waals surface area (Å²) >= 11 is 1.83. The third-order valence-corrected chi connectivity index (χ3v) is 14.4. The summed E-state index contributed by atoms with van der Waals surface area (Å²) in [5.41, 5.74) is 11.2. The van der Waals surface area contributed by atoms with Crippen molar-refractivity contribution in [3.8, 4) is 39.5 Å². The van der Waals surface area contributed by atoms with Crippen LogP contribution >= 0.6 is 11.3 Å². The van der Waals surface area contributed by atoms with Gasteiger partial charge in [-0.1, -0.05) is 158 Å². The minimum Gasteiger partial charge on any atom is -0.333 e. The van der Waals surface area contributed by atoms with E-state index in [0.29, 0.717) is 28.7 Å². The molecule has 0 bridgehead atoms. The summed E-state index contributed by atoms with van der Waals surface area (Å²) in [6.07, 6.45) is 0.269. The molecule has 0 aliphatic rings. The average molecular weight is 1040 g/mol. The van der Waals surface area contributed by atoms with Crippen molar-refractivity contribution in [1.82, 2.24) is 14.5 Å². The molecular weight excluding hydrogens is 979 g/mol. The van der Waals surface area contributed by atoms with Gasteiger partial charge in [0, 0.05) is 43.5 Å². The molecule has 0 spiro atoms. The maximum Gasteiger partial charge on any atom is 0.0798 e. The summed E-state index contributed by atoms with van der Waals surface area (Å²) in [4.78, 5) is 9.86. The smallest absolute Gasteiger partial charge is 0.0798 e. The number of fused-ring (bicyclic) bond motifs is 4. The van der Waals surface area contributed by atoms with E-state index < -0.39 is 26.7 Å². The zero-order chi connectivity index (χ0) is 48.2. The van der Waals surface area contributed by atoms with Crippen molar-refractivity contribution < 1.29 is 27.0 Å². The van der Waals surface area contributed by atoms with Gasteiger partial charge in [0.1, 0.15) is 0 Å². The Labute approximate surface area is 401 Å². The van der Waals surface area contributed by atoms with Crippen LogP contribution in [0.3, 0.4) is 0 Å². The van der Waals surface area contributed by atoms with Crippen molar-refractivity contribution in [3.63, 3.8) is 0 Å². The number of hydrogen-bond acceptors (Lipinski definition) is 3. The molecule has 323 valence electrons.